The lowest BCUT2D eigenvalue weighted by molar-refractivity contribution is 0.398. The predicted molar refractivity (Wildman–Crippen MR) is 145 cm³/mol. The summed E-state index contributed by atoms with van der Waals surface area (Å²) in [6, 6.07) is 19.3. The Morgan fingerprint density at radius 2 is 1.81 bits per heavy atom. The first-order valence-electron chi connectivity index (χ1n) is 11.5. The number of hydrogen-bond acceptors (Lipinski definition) is 5. The van der Waals surface area contributed by atoms with Gasteiger partial charge in [0, 0.05) is 29.1 Å². The van der Waals surface area contributed by atoms with Crippen LogP contribution in [0.15, 0.2) is 82.7 Å². The number of allylic oxidation sites excluding steroid dienone is 1. The van der Waals surface area contributed by atoms with Crippen LogP contribution in [0.3, 0.4) is 0 Å². The van der Waals surface area contributed by atoms with Crippen LogP contribution in [0.25, 0.3) is 45.2 Å². The smallest absolute Gasteiger partial charge is 0.282 e. The molecule has 0 fully saturated rings. The number of aromatic nitrogens is 4. The lowest BCUT2D eigenvalue weighted by Gasteiger charge is -2.10. The predicted octanol–water partition coefficient (Wildman–Crippen LogP) is 6.10. The lowest BCUT2D eigenvalue weighted by atomic mass is 10.0. The molecule has 0 aliphatic carbocycles. The average molecular weight is 476 g/mol. The molecule has 36 heavy (non-hydrogen) atoms. The van der Waals surface area contributed by atoms with Crippen molar-refractivity contribution in [3.63, 3.8) is 0 Å². The molecule has 0 aliphatic rings. The number of H-pyrrole nitrogens is 1. The minimum Gasteiger partial charge on any atom is -0.481 e. The molecule has 0 saturated carbocycles. The van der Waals surface area contributed by atoms with Crippen molar-refractivity contribution in [3.8, 4) is 39.4 Å². The van der Waals surface area contributed by atoms with Crippen molar-refractivity contribution >= 4 is 24.1 Å². The van der Waals surface area contributed by atoms with Crippen LogP contribution in [0, 0.1) is 6.92 Å². The van der Waals surface area contributed by atoms with Gasteiger partial charge in [-0.3, -0.25) is 9.79 Å². The molecular weight excluding hydrogens is 450 g/mol. The van der Waals surface area contributed by atoms with E-state index in [1.807, 2.05) is 80.6 Å². The standard InChI is InChI=1S/C29H25N5O2/c1-5-9-20-16-21(12-14-23(20)30-3)25-18(2)32-28-26(19-10-7-6-8-11-19)27(33-34(28)29(25)35)22-13-15-24(36-4)31-17-22/h5-17,32H,3H2,1-2,4H3/b9-5-. The Labute approximate surface area is 208 Å². The fourth-order valence-electron chi connectivity index (χ4n) is 4.42. The molecule has 0 spiro atoms. The molecule has 0 bridgehead atoms. The van der Waals surface area contributed by atoms with Crippen LogP contribution in [0.5, 0.6) is 5.88 Å². The van der Waals surface area contributed by atoms with Gasteiger partial charge >= 0.3 is 0 Å². The van der Waals surface area contributed by atoms with Crippen LogP contribution in [0.2, 0.25) is 0 Å². The Morgan fingerprint density at radius 1 is 1.03 bits per heavy atom. The Morgan fingerprint density at radius 3 is 2.47 bits per heavy atom. The SMILES string of the molecule is C=Nc1ccc(-c2c(C)[nH]c3c(-c4ccccc4)c(-c4ccc(OC)nc4)nn3c2=O)cc1/C=C\C. The van der Waals surface area contributed by atoms with Crippen LogP contribution in [-0.2, 0) is 0 Å². The molecule has 5 aromatic rings. The van der Waals surface area contributed by atoms with Gasteiger partial charge in [-0.25, -0.2) is 4.98 Å². The molecule has 3 heterocycles. The first-order chi connectivity index (χ1) is 17.5. The summed E-state index contributed by atoms with van der Waals surface area (Å²) in [5.74, 6) is 0.507. The monoisotopic (exact) mass is 475 g/mol. The van der Waals surface area contributed by atoms with Gasteiger partial charge in [-0.1, -0.05) is 48.6 Å². The third kappa shape index (κ3) is 3.90. The number of pyridine rings is 1. The van der Waals surface area contributed by atoms with Gasteiger partial charge in [0.25, 0.3) is 5.56 Å². The Kier molecular flexibility index (Phi) is 6.04. The zero-order valence-corrected chi connectivity index (χ0v) is 20.3. The first kappa shape index (κ1) is 23.0. The highest BCUT2D eigenvalue weighted by Gasteiger charge is 2.22. The normalized spacial score (nSPS) is 11.3. The van der Waals surface area contributed by atoms with Crippen molar-refractivity contribution in [2.75, 3.05) is 7.11 Å². The second-order valence-electron chi connectivity index (χ2n) is 8.30. The number of aliphatic imine (C=N–C) groups is 1. The van der Waals surface area contributed by atoms with Crippen molar-refractivity contribution in [2.45, 2.75) is 13.8 Å². The van der Waals surface area contributed by atoms with E-state index in [0.717, 1.165) is 39.2 Å². The number of rotatable bonds is 6. The van der Waals surface area contributed by atoms with Crippen molar-refractivity contribution in [1.29, 1.82) is 0 Å². The van der Waals surface area contributed by atoms with Crippen molar-refractivity contribution < 1.29 is 4.74 Å². The van der Waals surface area contributed by atoms with Crippen molar-refractivity contribution in [3.05, 3.63) is 94.5 Å². The highest BCUT2D eigenvalue weighted by atomic mass is 16.5. The largest absolute Gasteiger partial charge is 0.481 e. The number of ether oxygens (including phenoxy) is 1. The third-order valence-corrected chi connectivity index (χ3v) is 6.09. The summed E-state index contributed by atoms with van der Waals surface area (Å²) in [6.07, 6.45) is 5.59. The molecule has 5 rings (SSSR count). The first-order valence-corrected chi connectivity index (χ1v) is 11.5. The number of nitrogens with zero attached hydrogens (tertiary/aromatic N) is 4. The van der Waals surface area contributed by atoms with Crippen molar-refractivity contribution in [1.82, 2.24) is 19.6 Å². The van der Waals surface area contributed by atoms with E-state index >= 15 is 0 Å². The van der Waals surface area contributed by atoms with E-state index in [0.29, 0.717) is 22.8 Å². The number of nitrogens with one attached hydrogen (secondary N) is 1. The zero-order valence-electron chi connectivity index (χ0n) is 20.3. The number of hydrogen-bond donors (Lipinski definition) is 1. The number of fused-ring (bicyclic) bond motifs is 1. The number of aryl methyl sites for hydroxylation is 1. The second-order valence-corrected chi connectivity index (χ2v) is 8.30. The maximum Gasteiger partial charge on any atom is 0.282 e. The summed E-state index contributed by atoms with van der Waals surface area (Å²) in [7, 11) is 1.57. The van der Waals surface area contributed by atoms with Crippen LogP contribution in [0.4, 0.5) is 5.69 Å². The molecule has 1 N–H and O–H groups in total. The highest BCUT2D eigenvalue weighted by molar-refractivity contribution is 5.91. The Hall–Kier alpha value is -4.78. The quantitative estimate of drug-likeness (QED) is 0.301. The minimum atomic E-state index is -0.211. The van der Waals surface area contributed by atoms with E-state index in [9.17, 15) is 4.79 Å². The number of methoxy groups -OCH3 is 1. The number of benzene rings is 2. The fraction of sp³-hybridized carbons (Fsp3) is 0.103. The summed E-state index contributed by atoms with van der Waals surface area (Å²) in [4.78, 5) is 25.8. The van der Waals surface area contributed by atoms with Gasteiger partial charge in [0.1, 0.15) is 11.3 Å². The van der Waals surface area contributed by atoms with Gasteiger partial charge in [0.05, 0.1) is 23.9 Å². The van der Waals surface area contributed by atoms with Gasteiger partial charge in [-0.15, -0.1) is 0 Å². The van der Waals surface area contributed by atoms with Gasteiger partial charge < -0.3 is 9.72 Å². The number of aromatic amines is 1. The summed E-state index contributed by atoms with van der Waals surface area (Å²) in [6.45, 7) is 7.50. The molecule has 7 nitrogen and oxygen atoms in total. The summed E-state index contributed by atoms with van der Waals surface area (Å²) in [5.41, 5.74) is 7.33. The summed E-state index contributed by atoms with van der Waals surface area (Å²) < 4.78 is 6.66. The molecule has 2 aromatic carbocycles. The van der Waals surface area contributed by atoms with E-state index < -0.39 is 0 Å². The molecule has 0 radical (unpaired) electrons. The van der Waals surface area contributed by atoms with Gasteiger partial charge in [0.2, 0.25) is 5.88 Å². The van der Waals surface area contributed by atoms with E-state index in [1.165, 1.54) is 4.52 Å². The average Bonchev–Trinajstić information content (AvgIpc) is 3.29. The topological polar surface area (TPSA) is 84.6 Å². The molecule has 178 valence electrons. The van der Waals surface area contributed by atoms with Crippen LogP contribution in [-0.4, -0.2) is 33.4 Å². The van der Waals surface area contributed by atoms with Crippen LogP contribution in [0.1, 0.15) is 18.2 Å². The maximum atomic E-state index is 13.9. The van der Waals surface area contributed by atoms with Crippen LogP contribution >= 0.6 is 0 Å². The maximum absolute atomic E-state index is 13.9. The van der Waals surface area contributed by atoms with Gasteiger partial charge in [-0.2, -0.15) is 9.61 Å². The lowest BCUT2D eigenvalue weighted by Crippen LogP contribution is -2.19. The molecule has 0 saturated heterocycles. The highest BCUT2D eigenvalue weighted by Crippen LogP contribution is 2.35. The molecule has 7 heteroatoms. The Balaban J connectivity index is 1.80. The van der Waals surface area contributed by atoms with Crippen molar-refractivity contribution in [2.24, 2.45) is 4.99 Å². The zero-order chi connectivity index (χ0) is 25.2. The minimum absolute atomic E-state index is 0.211. The molecule has 0 atom stereocenters. The van der Waals surface area contributed by atoms with Crippen LogP contribution < -0.4 is 10.3 Å². The van der Waals surface area contributed by atoms with E-state index in [-0.39, 0.29) is 5.56 Å². The summed E-state index contributed by atoms with van der Waals surface area (Å²) >= 11 is 0. The van der Waals surface area contributed by atoms with E-state index in [1.54, 1.807) is 19.4 Å². The van der Waals surface area contributed by atoms with Gasteiger partial charge in [0.15, 0.2) is 0 Å². The second kappa shape index (κ2) is 9.46. The molecule has 0 aliphatic heterocycles. The van der Waals surface area contributed by atoms with E-state index in [2.05, 4.69) is 21.7 Å². The summed E-state index contributed by atoms with van der Waals surface area (Å²) in [5, 5.41) is 4.78. The molecule has 0 unspecified atom stereocenters. The fourth-order valence-corrected chi connectivity index (χ4v) is 4.42. The van der Waals surface area contributed by atoms with E-state index in [4.69, 9.17) is 9.84 Å². The van der Waals surface area contributed by atoms with Gasteiger partial charge in [-0.05, 0) is 49.9 Å². The molecule has 0 amide bonds. The molecular formula is C29H25N5O2. The Bertz CT molecular complexity index is 1660. The molecule has 3 aromatic heterocycles. The third-order valence-electron chi connectivity index (χ3n) is 6.09.